The molecule has 2 aromatic heterocycles. The SMILES string of the molecule is O=C(Nc1ccccc1-c1ccncc1)c1cccnc1Cl. The fourth-order valence-electron chi connectivity index (χ4n) is 2.12. The molecular weight excluding hydrogens is 298 g/mol. The predicted molar refractivity (Wildman–Crippen MR) is 86.9 cm³/mol. The molecule has 5 heteroatoms. The number of amides is 1. The Hall–Kier alpha value is -2.72. The van der Waals surface area contributed by atoms with E-state index in [0.717, 1.165) is 11.1 Å². The monoisotopic (exact) mass is 309 g/mol. The highest BCUT2D eigenvalue weighted by atomic mass is 35.5. The highest BCUT2D eigenvalue weighted by Gasteiger charge is 2.13. The van der Waals surface area contributed by atoms with Gasteiger partial charge in [-0.05, 0) is 35.9 Å². The van der Waals surface area contributed by atoms with Crippen LogP contribution >= 0.6 is 11.6 Å². The van der Waals surface area contributed by atoms with Crippen LogP contribution in [0.1, 0.15) is 10.4 Å². The molecule has 1 N–H and O–H groups in total. The van der Waals surface area contributed by atoms with Crippen LogP contribution in [-0.4, -0.2) is 15.9 Å². The van der Waals surface area contributed by atoms with Crippen molar-refractivity contribution in [2.24, 2.45) is 0 Å². The quantitative estimate of drug-likeness (QED) is 0.743. The number of pyridine rings is 2. The molecule has 0 fully saturated rings. The smallest absolute Gasteiger partial charge is 0.258 e. The van der Waals surface area contributed by atoms with Gasteiger partial charge in [-0.2, -0.15) is 0 Å². The van der Waals surface area contributed by atoms with Gasteiger partial charge in [0.05, 0.1) is 5.56 Å². The van der Waals surface area contributed by atoms with E-state index in [1.807, 2.05) is 36.4 Å². The number of anilines is 1. The van der Waals surface area contributed by atoms with E-state index < -0.39 is 0 Å². The maximum absolute atomic E-state index is 12.4. The van der Waals surface area contributed by atoms with Crippen LogP contribution in [0.2, 0.25) is 5.15 Å². The van der Waals surface area contributed by atoms with Gasteiger partial charge in [-0.1, -0.05) is 29.8 Å². The lowest BCUT2D eigenvalue weighted by molar-refractivity contribution is 0.102. The summed E-state index contributed by atoms with van der Waals surface area (Å²) in [4.78, 5) is 20.3. The lowest BCUT2D eigenvalue weighted by Gasteiger charge is -2.11. The Morgan fingerprint density at radius 3 is 2.50 bits per heavy atom. The molecule has 3 aromatic rings. The average molecular weight is 310 g/mol. The summed E-state index contributed by atoms with van der Waals surface area (Å²) in [7, 11) is 0. The molecule has 0 atom stereocenters. The zero-order valence-electron chi connectivity index (χ0n) is 11.5. The molecule has 2 heterocycles. The first kappa shape index (κ1) is 14.2. The second-order valence-corrected chi connectivity index (χ2v) is 4.94. The number of carbonyl (C=O) groups is 1. The van der Waals surface area contributed by atoms with Gasteiger partial charge in [-0.25, -0.2) is 4.98 Å². The highest BCUT2D eigenvalue weighted by molar-refractivity contribution is 6.33. The molecule has 0 bridgehead atoms. The Morgan fingerprint density at radius 1 is 0.955 bits per heavy atom. The molecule has 0 aliphatic carbocycles. The van der Waals surface area contributed by atoms with Crippen molar-refractivity contribution in [3.05, 3.63) is 77.8 Å². The molecule has 108 valence electrons. The van der Waals surface area contributed by atoms with Gasteiger partial charge in [0.2, 0.25) is 0 Å². The van der Waals surface area contributed by atoms with Gasteiger partial charge in [-0.3, -0.25) is 9.78 Å². The van der Waals surface area contributed by atoms with Crippen molar-refractivity contribution in [1.29, 1.82) is 0 Å². The lowest BCUT2D eigenvalue weighted by Crippen LogP contribution is -2.13. The number of halogens is 1. The van der Waals surface area contributed by atoms with Crippen molar-refractivity contribution in [1.82, 2.24) is 9.97 Å². The largest absolute Gasteiger partial charge is 0.321 e. The average Bonchev–Trinajstić information content (AvgIpc) is 2.56. The summed E-state index contributed by atoms with van der Waals surface area (Å²) in [6.45, 7) is 0. The summed E-state index contributed by atoms with van der Waals surface area (Å²) >= 11 is 5.96. The normalized spacial score (nSPS) is 10.2. The van der Waals surface area contributed by atoms with Crippen LogP contribution in [0.4, 0.5) is 5.69 Å². The zero-order chi connectivity index (χ0) is 15.4. The van der Waals surface area contributed by atoms with E-state index in [1.54, 1.807) is 30.7 Å². The van der Waals surface area contributed by atoms with Gasteiger partial charge >= 0.3 is 0 Å². The van der Waals surface area contributed by atoms with Crippen molar-refractivity contribution >= 4 is 23.2 Å². The van der Waals surface area contributed by atoms with Gasteiger partial charge in [0.1, 0.15) is 5.15 Å². The van der Waals surface area contributed by atoms with E-state index >= 15 is 0 Å². The van der Waals surface area contributed by atoms with Gasteiger partial charge in [0.25, 0.3) is 5.91 Å². The van der Waals surface area contributed by atoms with Crippen LogP contribution in [0, 0.1) is 0 Å². The molecular formula is C17H12ClN3O. The van der Waals surface area contributed by atoms with Crippen LogP contribution in [-0.2, 0) is 0 Å². The molecule has 1 aromatic carbocycles. The first-order valence-electron chi connectivity index (χ1n) is 6.67. The molecule has 0 saturated heterocycles. The van der Waals surface area contributed by atoms with Gasteiger partial charge in [0, 0.05) is 29.8 Å². The van der Waals surface area contributed by atoms with Gasteiger partial charge < -0.3 is 5.32 Å². The first-order valence-corrected chi connectivity index (χ1v) is 7.05. The Morgan fingerprint density at radius 2 is 1.73 bits per heavy atom. The number of hydrogen-bond acceptors (Lipinski definition) is 3. The van der Waals surface area contributed by atoms with Gasteiger partial charge in [-0.15, -0.1) is 0 Å². The minimum absolute atomic E-state index is 0.182. The number of rotatable bonds is 3. The van der Waals surface area contributed by atoms with Crippen molar-refractivity contribution in [2.45, 2.75) is 0 Å². The molecule has 0 saturated carbocycles. The van der Waals surface area contributed by atoms with E-state index in [4.69, 9.17) is 11.6 Å². The number of nitrogens with one attached hydrogen (secondary N) is 1. The molecule has 1 amide bonds. The van der Waals surface area contributed by atoms with E-state index in [-0.39, 0.29) is 11.1 Å². The topological polar surface area (TPSA) is 54.9 Å². The fourth-order valence-corrected chi connectivity index (χ4v) is 2.33. The summed E-state index contributed by atoms with van der Waals surface area (Å²) < 4.78 is 0. The maximum atomic E-state index is 12.4. The second-order valence-electron chi connectivity index (χ2n) is 4.58. The lowest BCUT2D eigenvalue weighted by atomic mass is 10.0. The fraction of sp³-hybridized carbons (Fsp3) is 0. The number of aromatic nitrogens is 2. The molecule has 0 unspecified atom stereocenters. The van der Waals surface area contributed by atoms with Crippen LogP contribution in [0.15, 0.2) is 67.1 Å². The summed E-state index contributed by atoms with van der Waals surface area (Å²) in [5.74, 6) is -0.292. The number of para-hydroxylation sites is 1. The molecule has 3 rings (SSSR count). The number of carbonyl (C=O) groups excluding carboxylic acids is 1. The van der Waals surface area contributed by atoms with Gasteiger partial charge in [0.15, 0.2) is 0 Å². The Bertz CT molecular complexity index is 806. The Kier molecular flexibility index (Phi) is 4.12. The molecule has 0 aliphatic rings. The summed E-state index contributed by atoms with van der Waals surface area (Å²) in [5.41, 5.74) is 2.94. The van der Waals surface area contributed by atoms with Crippen LogP contribution in [0.3, 0.4) is 0 Å². The van der Waals surface area contributed by atoms with Crippen LogP contribution in [0.5, 0.6) is 0 Å². The molecule has 0 spiro atoms. The third kappa shape index (κ3) is 2.97. The van der Waals surface area contributed by atoms with Crippen molar-refractivity contribution in [3.8, 4) is 11.1 Å². The van der Waals surface area contributed by atoms with Crippen LogP contribution < -0.4 is 5.32 Å². The Balaban J connectivity index is 1.94. The standard InChI is InChI=1S/C17H12ClN3O/c18-16-14(5-3-9-20-16)17(22)21-15-6-2-1-4-13(15)12-7-10-19-11-8-12/h1-11H,(H,21,22). The zero-order valence-corrected chi connectivity index (χ0v) is 12.3. The second kappa shape index (κ2) is 6.37. The number of hydrogen-bond donors (Lipinski definition) is 1. The highest BCUT2D eigenvalue weighted by Crippen LogP contribution is 2.28. The van der Waals surface area contributed by atoms with Crippen molar-refractivity contribution < 1.29 is 4.79 Å². The molecule has 0 radical (unpaired) electrons. The minimum Gasteiger partial charge on any atom is -0.321 e. The summed E-state index contributed by atoms with van der Waals surface area (Å²) in [6.07, 6.45) is 4.97. The third-order valence-corrected chi connectivity index (χ3v) is 3.47. The molecule has 0 aliphatic heterocycles. The number of benzene rings is 1. The van der Waals surface area contributed by atoms with E-state index in [9.17, 15) is 4.79 Å². The maximum Gasteiger partial charge on any atom is 0.258 e. The van der Waals surface area contributed by atoms with E-state index in [0.29, 0.717) is 11.3 Å². The summed E-state index contributed by atoms with van der Waals surface area (Å²) in [6, 6.07) is 14.7. The third-order valence-electron chi connectivity index (χ3n) is 3.17. The first-order chi connectivity index (χ1) is 10.8. The predicted octanol–water partition coefficient (Wildman–Crippen LogP) is 4.05. The summed E-state index contributed by atoms with van der Waals surface area (Å²) in [5, 5.41) is 3.06. The minimum atomic E-state index is -0.292. The number of nitrogens with zero attached hydrogens (tertiary/aromatic N) is 2. The van der Waals surface area contributed by atoms with Crippen molar-refractivity contribution in [3.63, 3.8) is 0 Å². The van der Waals surface area contributed by atoms with E-state index in [2.05, 4.69) is 15.3 Å². The van der Waals surface area contributed by atoms with E-state index in [1.165, 1.54) is 0 Å². The van der Waals surface area contributed by atoms with Crippen LogP contribution in [0.25, 0.3) is 11.1 Å². The molecule has 22 heavy (non-hydrogen) atoms. The Labute approximate surface area is 132 Å². The van der Waals surface area contributed by atoms with Crippen molar-refractivity contribution in [2.75, 3.05) is 5.32 Å². The molecule has 4 nitrogen and oxygen atoms in total.